The zero-order valence-electron chi connectivity index (χ0n) is 5.11. The molecule has 2 atom stereocenters. The Hall–Kier alpha value is -0.610. The van der Waals surface area contributed by atoms with Crippen molar-refractivity contribution in [1.82, 2.24) is 0 Å². The van der Waals surface area contributed by atoms with Gasteiger partial charge in [0.2, 0.25) is 0 Å². The SMILES string of the molecule is C[C@@H](O)C[C@@H](O)C(=O)O. The van der Waals surface area contributed by atoms with Crippen molar-refractivity contribution in [3.8, 4) is 0 Å². The number of carboxylic acid groups (broad SMARTS) is 1. The lowest BCUT2D eigenvalue weighted by molar-refractivity contribution is -0.148. The molecule has 0 saturated heterocycles. The Morgan fingerprint density at radius 1 is 1.56 bits per heavy atom. The van der Waals surface area contributed by atoms with Gasteiger partial charge in [-0.05, 0) is 6.92 Å². The summed E-state index contributed by atoms with van der Waals surface area (Å²) in [5, 5.41) is 25.2. The van der Waals surface area contributed by atoms with E-state index in [0.29, 0.717) is 0 Å². The Bertz CT molecular complexity index is 99.1. The predicted octanol–water partition coefficient (Wildman–Crippen LogP) is -0.797. The van der Waals surface area contributed by atoms with Crippen LogP contribution in [0.15, 0.2) is 0 Å². The Balaban J connectivity index is 3.50. The number of aliphatic carboxylic acids is 1. The van der Waals surface area contributed by atoms with E-state index in [9.17, 15) is 4.79 Å². The molecular formula is C5H10O4. The van der Waals surface area contributed by atoms with Crippen molar-refractivity contribution in [2.24, 2.45) is 0 Å². The number of carboxylic acids is 1. The molecule has 0 bridgehead atoms. The van der Waals surface area contributed by atoms with Crippen LogP contribution < -0.4 is 0 Å². The molecule has 3 N–H and O–H groups in total. The second kappa shape index (κ2) is 3.42. The van der Waals surface area contributed by atoms with Gasteiger partial charge in [0.15, 0.2) is 6.10 Å². The molecule has 0 amide bonds. The average Bonchev–Trinajstić information content (AvgIpc) is 1.63. The van der Waals surface area contributed by atoms with E-state index in [0.717, 1.165) is 0 Å². The van der Waals surface area contributed by atoms with E-state index in [1.807, 2.05) is 0 Å². The van der Waals surface area contributed by atoms with Crippen LogP contribution in [0.4, 0.5) is 0 Å². The highest BCUT2D eigenvalue weighted by atomic mass is 16.4. The first-order valence-corrected chi connectivity index (χ1v) is 2.63. The van der Waals surface area contributed by atoms with E-state index in [1.165, 1.54) is 6.92 Å². The van der Waals surface area contributed by atoms with Crippen molar-refractivity contribution >= 4 is 5.97 Å². The summed E-state index contributed by atoms with van der Waals surface area (Å²) in [6.45, 7) is 1.42. The molecule has 9 heavy (non-hydrogen) atoms. The molecule has 0 saturated carbocycles. The zero-order valence-corrected chi connectivity index (χ0v) is 5.11. The van der Waals surface area contributed by atoms with Crippen LogP contribution in [0, 0.1) is 0 Å². The van der Waals surface area contributed by atoms with Gasteiger partial charge in [-0.25, -0.2) is 4.79 Å². The maximum absolute atomic E-state index is 9.87. The lowest BCUT2D eigenvalue weighted by atomic mass is 10.2. The molecule has 0 aliphatic rings. The number of hydrogen-bond donors (Lipinski definition) is 3. The van der Waals surface area contributed by atoms with Crippen LogP contribution in [-0.4, -0.2) is 33.5 Å². The fraction of sp³-hybridized carbons (Fsp3) is 0.800. The quantitative estimate of drug-likeness (QED) is 0.472. The van der Waals surface area contributed by atoms with Crippen molar-refractivity contribution in [1.29, 1.82) is 0 Å². The zero-order chi connectivity index (χ0) is 7.44. The third-order valence-corrected chi connectivity index (χ3v) is 0.849. The number of aliphatic hydroxyl groups excluding tert-OH is 2. The summed E-state index contributed by atoms with van der Waals surface area (Å²) in [4.78, 5) is 9.87. The van der Waals surface area contributed by atoms with E-state index in [1.54, 1.807) is 0 Å². The van der Waals surface area contributed by atoms with Gasteiger partial charge in [-0.2, -0.15) is 0 Å². The Morgan fingerprint density at radius 3 is 2.11 bits per heavy atom. The highest BCUT2D eigenvalue weighted by Gasteiger charge is 2.14. The van der Waals surface area contributed by atoms with Crippen molar-refractivity contribution in [3.63, 3.8) is 0 Å². The van der Waals surface area contributed by atoms with Crippen LogP contribution in [0.2, 0.25) is 0 Å². The first-order valence-electron chi connectivity index (χ1n) is 2.63. The third-order valence-electron chi connectivity index (χ3n) is 0.849. The van der Waals surface area contributed by atoms with Crippen LogP contribution >= 0.6 is 0 Å². The van der Waals surface area contributed by atoms with Gasteiger partial charge in [0.05, 0.1) is 6.10 Å². The van der Waals surface area contributed by atoms with Crippen LogP contribution in [0.3, 0.4) is 0 Å². The molecule has 0 radical (unpaired) electrons. The third kappa shape index (κ3) is 3.93. The van der Waals surface area contributed by atoms with Gasteiger partial charge in [0.25, 0.3) is 0 Å². The van der Waals surface area contributed by atoms with E-state index in [4.69, 9.17) is 15.3 Å². The lowest BCUT2D eigenvalue weighted by Gasteiger charge is -2.05. The largest absolute Gasteiger partial charge is 0.479 e. The fourth-order valence-electron chi connectivity index (χ4n) is 0.424. The number of carbonyl (C=O) groups is 1. The summed E-state index contributed by atoms with van der Waals surface area (Å²) < 4.78 is 0. The molecule has 0 aromatic rings. The normalized spacial score (nSPS) is 16.8. The van der Waals surface area contributed by atoms with E-state index in [-0.39, 0.29) is 6.42 Å². The van der Waals surface area contributed by atoms with Gasteiger partial charge in [0, 0.05) is 6.42 Å². The minimum absolute atomic E-state index is 0.116. The highest BCUT2D eigenvalue weighted by molar-refractivity contribution is 5.71. The molecule has 0 fully saturated rings. The number of hydrogen-bond acceptors (Lipinski definition) is 3. The molecule has 0 aromatic carbocycles. The van der Waals surface area contributed by atoms with Crippen molar-refractivity contribution in [2.75, 3.05) is 0 Å². The summed E-state index contributed by atoms with van der Waals surface area (Å²) in [7, 11) is 0. The molecular weight excluding hydrogens is 124 g/mol. The van der Waals surface area contributed by atoms with Crippen LogP contribution in [0.1, 0.15) is 13.3 Å². The average molecular weight is 134 g/mol. The van der Waals surface area contributed by atoms with Crippen LogP contribution in [0.25, 0.3) is 0 Å². The van der Waals surface area contributed by atoms with Crippen molar-refractivity contribution < 1.29 is 20.1 Å². The van der Waals surface area contributed by atoms with Gasteiger partial charge in [0.1, 0.15) is 0 Å². The highest BCUT2D eigenvalue weighted by Crippen LogP contribution is 1.95. The molecule has 0 aliphatic heterocycles. The number of rotatable bonds is 3. The van der Waals surface area contributed by atoms with Crippen LogP contribution in [-0.2, 0) is 4.79 Å². The number of aliphatic hydroxyl groups is 2. The standard InChI is InChI=1S/C5H10O4/c1-3(6)2-4(7)5(8)9/h3-4,6-7H,2H2,1H3,(H,8,9)/t3-,4-/m1/s1. The Kier molecular flexibility index (Phi) is 3.19. The second-order valence-corrected chi connectivity index (χ2v) is 1.94. The molecule has 0 aliphatic carbocycles. The summed E-state index contributed by atoms with van der Waals surface area (Å²) >= 11 is 0. The first-order chi connectivity index (χ1) is 4.04. The lowest BCUT2D eigenvalue weighted by Crippen LogP contribution is -2.23. The summed E-state index contributed by atoms with van der Waals surface area (Å²) in [6.07, 6.45) is -2.32. The minimum atomic E-state index is -1.44. The Morgan fingerprint density at radius 2 is 2.00 bits per heavy atom. The molecule has 0 rings (SSSR count). The van der Waals surface area contributed by atoms with Gasteiger partial charge >= 0.3 is 5.97 Å². The molecule has 0 heterocycles. The minimum Gasteiger partial charge on any atom is -0.479 e. The monoisotopic (exact) mass is 134 g/mol. The van der Waals surface area contributed by atoms with Gasteiger partial charge in [-0.1, -0.05) is 0 Å². The van der Waals surface area contributed by atoms with Gasteiger partial charge < -0.3 is 15.3 Å². The molecule has 0 unspecified atom stereocenters. The second-order valence-electron chi connectivity index (χ2n) is 1.94. The summed E-state index contributed by atoms with van der Waals surface area (Å²) in [5.74, 6) is -1.30. The van der Waals surface area contributed by atoms with E-state index < -0.39 is 18.2 Å². The van der Waals surface area contributed by atoms with Crippen molar-refractivity contribution in [3.05, 3.63) is 0 Å². The van der Waals surface area contributed by atoms with Gasteiger partial charge in [-0.15, -0.1) is 0 Å². The topological polar surface area (TPSA) is 77.8 Å². The molecule has 54 valence electrons. The smallest absolute Gasteiger partial charge is 0.332 e. The molecule has 4 nitrogen and oxygen atoms in total. The summed E-state index contributed by atoms with van der Waals surface area (Å²) in [5.41, 5.74) is 0. The van der Waals surface area contributed by atoms with Crippen LogP contribution in [0.5, 0.6) is 0 Å². The van der Waals surface area contributed by atoms with Crippen molar-refractivity contribution in [2.45, 2.75) is 25.6 Å². The molecule has 0 spiro atoms. The van der Waals surface area contributed by atoms with E-state index in [2.05, 4.69) is 0 Å². The summed E-state index contributed by atoms with van der Waals surface area (Å²) in [6, 6.07) is 0. The van der Waals surface area contributed by atoms with E-state index >= 15 is 0 Å². The van der Waals surface area contributed by atoms with Gasteiger partial charge in [-0.3, -0.25) is 0 Å². The fourth-order valence-corrected chi connectivity index (χ4v) is 0.424. The molecule has 4 heteroatoms. The maximum Gasteiger partial charge on any atom is 0.332 e. The maximum atomic E-state index is 9.87. The molecule has 0 aromatic heterocycles. The predicted molar refractivity (Wildman–Crippen MR) is 29.9 cm³/mol. The Labute approximate surface area is 52.7 Å². The first kappa shape index (κ1) is 8.39.